The van der Waals surface area contributed by atoms with Crippen LogP contribution in [-0.2, 0) is 10.9 Å². The van der Waals surface area contributed by atoms with E-state index in [4.69, 9.17) is 4.74 Å². The van der Waals surface area contributed by atoms with E-state index in [-0.39, 0.29) is 11.5 Å². The molecule has 0 bridgehead atoms. The first-order chi connectivity index (χ1) is 9.90. The predicted molar refractivity (Wildman–Crippen MR) is 76.0 cm³/mol. The second-order valence-electron chi connectivity index (χ2n) is 5.76. The van der Waals surface area contributed by atoms with Gasteiger partial charge in [-0.25, -0.2) is 0 Å². The number of rotatable bonds is 3. The van der Waals surface area contributed by atoms with Crippen molar-refractivity contribution in [2.45, 2.75) is 39.0 Å². The quantitative estimate of drug-likeness (QED) is 0.904. The van der Waals surface area contributed by atoms with Crippen LogP contribution in [0.4, 0.5) is 13.2 Å². The molecule has 1 aromatic carbocycles. The van der Waals surface area contributed by atoms with E-state index >= 15 is 0 Å². The molecular weight excluding hydrogens is 279 g/mol. The van der Waals surface area contributed by atoms with E-state index in [1.807, 2.05) is 0 Å². The number of ether oxygens (including phenoxy) is 1. The summed E-state index contributed by atoms with van der Waals surface area (Å²) >= 11 is 0. The second kappa shape index (κ2) is 6.36. The number of nitrogens with one attached hydrogen (secondary N) is 1. The Morgan fingerprint density at radius 3 is 2.62 bits per heavy atom. The van der Waals surface area contributed by atoms with E-state index in [0.717, 1.165) is 25.5 Å². The number of halogens is 3. The first-order valence-electron chi connectivity index (χ1n) is 7.40. The van der Waals surface area contributed by atoms with Crippen LogP contribution in [0.1, 0.15) is 43.9 Å². The average molecular weight is 301 g/mol. The molecule has 2 rings (SSSR count). The van der Waals surface area contributed by atoms with Crippen molar-refractivity contribution in [1.29, 1.82) is 0 Å². The van der Waals surface area contributed by atoms with E-state index in [9.17, 15) is 13.2 Å². The Balaban J connectivity index is 2.16. The van der Waals surface area contributed by atoms with Crippen LogP contribution >= 0.6 is 0 Å². The number of hydrogen-bond acceptors (Lipinski definition) is 2. The molecule has 1 aliphatic rings. The summed E-state index contributed by atoms with van der Waals surface area (Å²) in [6.07, 6.45) is -2.66. The minimum Gasteiger partial charge on any atom is -0.372 e. The highest BCUT2D eigenvalue weighted by atomic mass is 19.4. The highest BCUT2D eigenvalue weighted by molar-refractivity contribution is 5.27. The van der Waals surface area contributed by atoms with Crippen LogP contribution < -0.4 is 5.32 Å². The molecular formula is C16H22F3NO. The number of hydrogen-bond donors (Lipinski definition) is 1. The lowest BCUT2D eigenvalue weighted by Crippen LogP contribution is -2.34. The van der Waals surface area contributed by atoms with Gasteiger partial charge in [-0.3, -0.25) is 0 Å². The smallest absolute Gasteiger partial charge is 0.372 e. The largest absolute Gasteiger partial charge is 0.416 e. The number of benzene rings is 1. The zero-order valence-corrected chi connectivity index (χ0v) is 12.5. The first kappa shape index (κ1) is 16.3. The summed E-state index contributed by atoms with van der Waals surface area (Å²) in [5, 5.41) is 3.34. The van der Waals surface area contributed by atoms with Gasteiger partial charge in [0, 0.05) is 18.5 Å². The Kier molecular flexibility index (Phi) is 4.94. The van der Waals surface area contributed by atoms with Crippen LogP contribution in [0.3, 0.4) is 0 Å². The van der Waals surface area contributed by atoms with Gasteiger partial charge in [-0.05, 0) is 30.5 Å². The van der Waals surface area contributed by atoms with Gasteiger partial charge in [-0.1, -0.05) is 26.0 Å². The third kappa shape index (κ3) is 3.77. The molecule has 118 valence electrons. The molecule has 1 saturated heterocycles. The van der Waals surface area contributed by atoms with Crippen molar-refractivity contribution in [1.82, 2.24) is 5.32 Å². The van der Waals surface area contributed by atoms with Crippen molar-refractivity contribution in [2.75, 3.05) is 19.7 Å². The summed E-state index contributed by atoms with van der Waals surface area (Å²) < 4.78 is 44.3. The fraction of sp³-hybridized carbons (Fsp3) is 0.625. The van der Waals surface area contributed by atoms with Crippen LogP contribution in [0.15, 0.2) is 24.3 Å². The molecule has 0 saturated carbocycles. The van der Waals surface area contributed by atoms with Crippen LogP contribution in [0, 0.1) is 5.41 Å². The molecule has 0 amide bonds. The van der Waals surface area contributed by atoms with Crippen LogP contribution in [0.5, 0.6) is 0 Å². The van der Waals surface area contributed by atoms with E-state index in [2.05, 4.69) is 19.2 Å². The summed E-state index contributed by atoms with van der Waals surface area (Å²) in [5.41, 5.74) is 0.0431. The van der Waals surface area contributed by atoms with Crippen molar-refractivity contribution in [3.8, 4) is 0 Å². The fourth-order valence-corrected chi connectivity index (χ4v) is 2.69. The molecule has 1 heterocycles. The van der Waals surface area contributed by atoms with Crippen molar-refractivity contribution >= 4 is 0 Å². The lowest BCUT2D eigenvalue weighted by atomic mass is 9.83. The minimum atomic E-state index is -4.31. The highest BCUT2D eigenvalue weighted by Crippen LogP contribution is 2.34. The van der Waals surface area contributed by atoms with Gasteiger partial charge in [0.25, 0.3) is 0 Å². The molecule has 0 aromatic heterocycles. The SMILES string of the molecule is CCC1(CC)CNCC(c2cccc(C(F)(F)F)c2)OC1. The molecule has 1 unspecified atom stereocenters. The Bertz CT molecular complexity index is 469. The molecule has 1 N–H and O–H groups in total. The maximum Gasteiger partial charge on any atom is 0.416 e. The lowest BCUT2D eigenvalue weighted by Gasteiger charge is -2.29. The molecule has 0 aliphatic carbocycles. The van der Waals surface area contributed by atoms with Crippen molar-refractivity contribution in [3.63, 3.8) is 0 Å². The van der Waals surface area contributed by atoms with Gasteiger partial charge in [0.1, 0.15) is 0 Å². The summed E-state index contributed by atoms with van der Waals surface area (Å²) in [6, 6.07) is 5.43. The molecule has 1 aliphatic heterocycles. The Morgan fingerprint density at radius 2 is 2.00 bits per heavy atom. The molecule has 2 nitrogen and oxygen atoms in total. The third-order valence-electron chi connectivity index (χ3n) is 4.51. The van der Waals surface area contributed by atoms with E-state index < -0.39 is 11.7 Å². The maximum atomic E-state index is 12.8. The summed E-state index contributed by atoms with van der Waals surface area (Å²) in [6.45, 7) is 6.21. The second-order valence-corrected chi connectivity index (χ2v) is 5.76. The normalized spacial score (nSPS) is 22.8. The molecule has 5 heteroatoms. The monoisotopic (exact) mass is 301 g/mol. The van der Waals surface area contributed by atoms with Crippen molar-refractivity contribution < 1.29 is 17.9 Å². The Labute approximate surface area is 123 Å². The van der Waals surface area contributed by atoms with Gasteiger partial charge in [-0.15, -0.1) is 0 Å². The van der Waals surface area contributed by atoms with Gasteiger partial charge < -0.3 is 10.1 Å². The zero-order valence-electron chi connectivity index (χ0n) is 12.5. The molecule has 1 aromatic rings. The van der Waals surface area contributed by atoms with Gasteiger partial charge in [-0.2, -0.15) is 13.2 Å². The molecule has 1 atom stereocenters. The van der Waals surface area contributed by atoms with Gasteiger partial charge in [0.15, 0.2) is 0 Å². The Hall–Kier alpha value is -1.07. The summed E-state index contributed by atoms with van der Waals surface area (Å²) in [5.74, 6) is 0. The van der Waals surface area contributed by atoms with Gasteiger partial charge in [0.2, 0.25) is 0 Å². The first-order valence-corrected chi connectivity index (χ1v) is 7.40. The fourth-order valence-electron chi connectivity index (χ4n) is 2.69. The third-order valence-corrected chi connectivity index (χ3v) is 4.51. The van der Waals surface area contributed by atoms with Crippen molar-refractivity contribution in [2.24, 2.45) is 5.41 Å². The van der Waals surface area contributed by atoms with E-state index in [1.165, 1.54) is 12.1 Å². The standard InChI is InChI=1S/C16H22F3NO/c1-3-15(4-2)10-20-9-14(21-11-15)12-6-5-7-13(8-12)16(17,18)19/h5-8,14,20H,3-4,9-11H2,1-2H3. The minimum absolute atomic E-state index is 0.0797. The molecule has 21 heavy (non-hydrogen) atoms. The summed E-state index contributed by atoms with van der Waals surface area (Å²) in [4.78, 5) is 0. The summed E-state index contributed by atoms with van der Waals surface area (Å²) in [7, 11) is 0. The molecule has 0 radical (unpaired) electrons. The number of alkyl halides is 3. The van der Waals surface area contributed by atoms with Gasteiger partial charge in [0.05, 0.1) is 18.3 Å². The van der Waals surface area contributed by atoms with E-state index in [0.29, 0.717) is 18.7 Å². The average Bonchev–Trinajstić information content (AvgIpc) is 2.69. The zero-order chi connectivity index (χ0) is 15.5. The maximum absolute atomic E-state index is 12.8. The lowest BCUT2D eigenvalue weighted by molar-refractivity contribution is -0.137. The van der Waals surface area contributed by atoms with E-state index in [1.54, 1.807) is 6.07 Å². The molecule has 1 fully saturated rings. The topological polar surface area (TPSA) is 21.3 Å². The predicted octanol–water partition coefficient (Wildman–Crippen LogP) is 4.17. The van der Waals surface area contributed by atoms with Crippen LogP contribution in [0.25, 0.3) is 0 Å². The highest BCUT2D eigenvalue weighted by Gasteiger charge is 2.33. The van der Waals surface area contributed by atoms with Gasteiger partial charge >= 0.3 is 6.18 Å². The molecule has 0 spiro atoms. The van der Waals surface area contributed by atoms with Crippen LogP contribution in [-0.4, -0.2) is 19.7 Å². The van der Waals surface area contributed by atoms with Crippen LogP contribution in [0.2, 0.25) is 0 Å². The Morgan fingerprint density at radius 1 is 1.29 bits per heavy atom. The van der Waals surface area contributed by atoms with Crippen molar-refractivity contribution in [3.05, 3.63) is 35.4 Å².